The van der Waals surface area contributed by atoms with Crippen LogP contribution in [0.5, 0.6) is 0 Å². The molecule has 0 aliphatic heterocycles. The normalized spacial score (nSPS) is 20.7. The van der Waals surface area contributed by atoms with E-state index in [0.717, 1.165) is 37.8 Å². The summed E-state index contributed by atoms with van der Waals surface area (Å²) in [4.78, 5) is 11.8. The first-order valence-corrected chi connectivity index (χ1v) is 7.43. The fraction of sp³-hybridized carbons (Fsp3) is 0.562. The predicted molar refractivity (Wildman–Crippen MR) is 79.4 cm³/mol. The number of aliphatic hydroxyl groups is 1. The molecule has 4 heteroatoms. The van der Waals surface area contributed by atoms with Gasteiger partial charge in [0.2, 0.25) is 5.91 Å². The van der Waals surface area contributed by atoms with Gasteiger partial charge in [0.1, 0.15) is 0 Å². The van der Waals surface area contributed by atoms with Crippen LogP contribution in [-0.2, 0) is 16.8 Å². The molecule has 0 fully saturated rings. The average molecular weight is 276 g/mol. The van der Waals surface area contributed by atoms with Crippen LogP contribution < -0.4 is 10.6 Å². The van der Waals surface area contributed by atoms with E-state index in [9.17, 15) is 9.90 Å². The van der Waals surface area contributed by atoms with Crippen LogP contribution in [-0.4, -0.2) is 30.7 Å². The van der Waals surface area contributed by atoms with Crippen LogP contribution >= 0.6 is 0 Å². The van der Waals surface area contributed by atoms with Crippen LogP contribution in [0, 0.1) is 0 Å². The predicted octanol–water partition coefficient (Wildman–Crippen LogP) is 1.33. The number of amides is 1. The smallest absolute Gasteiger partial charge is 0.233 e. The van der Waals surface area contributed by atoms with Gasteiger partial charge in [-0.15, -0.1) is 0 Å². The van der Waals surface area contributed by atoms with Crippen LogP contribution in [0.25, 0.3) is 0 Å². The molecule has 1 aromatic rings. The highest BCUT2D eigenvalue weighted by Gasteiger charge is 2.37. The number of carbonyl (C=O) groups excluding carboxylic acids is 1. The average Bonchev–Trinajstić information content (AvgIpc) is 2.85. The second-order valence-corrected chi connectivity index (χ2v) is 5.45. The van der Waals surface area contributed by atoms with Crippen molar-refractivity contribution in [2.75, 3.05) is 19.7 Å². The van der Waals surface area contributed by atoms with E-state index >= 15 is 0 Å². The SMILES string of the molecule is CCCCNC(=O)CNC1(CO)CCc2ccccc21. The van der Waals surface area contributed by atoms with Gasteiger partial charge in [-0.1, -0.05) is 37.6 Å². The van der Waals surface area contributed by atoms with E-state index in [0.29, 0.717) is 0 Å². The van der Waals surface area contributed by atoms with Gasteiger partial charge in [-0.05, 0) is 30.4 Å². The third-order valence-corrected chi connectivity index (χ3v) is 4.06. The second kappa shape index (κ2) is 6.86. The Labute approximate surface area is 120 Å². The Morgan fingerprint density at radius 1 is 1.40 bits per heavy atom. The summed E-state index contributed by atoms with van der Waals surface area (Å²) in [5.41, 5.74) is 1.93. The number of aliphatic hydroxyl groups excluding tert-OH is 1. The number of unbranched alkanes of at least 4 members (excludes halogenated alkanes) is 1. The number of fused-ring (bicyclic) bond motifs is 1. The molecule has 0 aromatic heterocycles. The van der Waals surface area contributed by atoms with E-state index in [1.54, 1.807) is 0 Å². The fourth-order valence-corrected chi connectivity index (χ4v) is 2.81. The van der Waals surface area contributed by atoms with E-state index < -0.39 is 5.54 Å². The van der Waals surface area contributed by atoms with Gasteiger partial charge < -0.3 is 10.4 Å². The molecule has 1 aromatic carbocycles. The zero-order chi connectivity index (χ0) is 14.4. The first-order chi connectivity index (χ1) is 9.72. The Morgan fingerprint density at radius 3 is 2.95 bits per heavy atom. The summed E-state index contributed by atoms with van der Waals surface area (Å²) in [5.74, 6) is -0.00402. The minimum absolute atomic E-state index is 0.00402. The maximum absolute atomic E-state index is 11.8. The quantitative estimate of drug-likeness (QED) is 0.658. The van der Waals surface area contributed by atoms with Crippen LogP contribution in [0.3, 0.4) is 0 Å². The lowest BCUT2D eigenvalue weighted by Gasteiger charge is -2.29. The van der Waals surface area contributed by atoms with Crippen molar-refractivity contribution < 1.29 is 9.90 Å². The highest BCUT2D eigenvalue weighted by atomic mass is 16.3. The highest BCUT2D eigenvalue weighted by molar-refractivity contribution is 5.78. The number of carbonyl (C=O) groups is 1. The van der Waals surface area contributed by atoms with Gasteiger partial charge in [0.15, 0.2) is 0 Å². The van der Waals surface area contributed by atoms with Gasteiger partial charge >= 0.3 is 0 Å². The highest BCUT2D eigenvalue weighted by Crippen LogP contribution is 2.36. The van der Waals surface area contributed by atoms with Crippen LogP contribution in [0.4, 0.5) is 0 Å². The number of benzene rings is 1. The third kappa shape index (κ3) is 3.19. The van der Waals surface area contributed by atoms with E-state index in [4.69, 9.17) is 0 Å². The minimum Gasteiger partial charge on any atom is -0.394 e. The van der Waals surface area contributed by atoms with Crippen molar-refractivity contribution in [1.29, 1.82) is 0 Å². The van der Waals surface area contributed by atoms with Gasteiger partial charge in [-0.3, -0.25) is 10.1 Å². The van der Waals surface area contributed by atoms with Gasteiger partial charge in [0, 0.05) is 6.54 Å². The molecule has 0 saturated carbocycles. The van der Waals surface area contributed by atoms with Gasteiger partial charge in [0.05, 0.1) is 18.7 Å². The molecule has 1 aliphatic carbocycles. The summed E-state index contributed by atoms with van der Waals surface area (Å²) in [7, 11) is 0. The summed E-state index contributed by atoms with van der Waals surface area (Å²) in [6.45, 7) is 3.09. The van der Waals surface area contributed by atoms with E-state index in [-0.39, 0.29) is 19.1 Å². The largest absolute Gasteiger partial charge is 0.394 e. The zero-order valence-electron chi connectivity index (χ0n) is 12.1. The molecule has 1 aliphatic rings. The fourth-order valence-electron chi connectivity index (χ4n) is 2.81. The lowest BCUT2D eigenvalue weighted by atomic mass is 9.92. The van der Waals surface area contributed by atoms with Crippen molar-refractivity contribution in [3.05, 3.63) is 35.4 Å². The van der Waals surface area contributed by atoms with Crippen molar-refractivity contribution in [1.82, 2.24) is 10.6 Å². The minimum atomic E-state index is -0.460. The molecule has 1 unspecified atom stereocenters. The molecule has 0 heterocycles. The van der Waals surface area contributed by atoms with Gasteiger partial charge in [-0.2, -0.15) is 0 Å². The molecule has 2 rings (SSSR count). The standard InChI is InChI=1S/C16H24N2O2/c1-2-3-10-17-15(20)11-18-16(12-19)9-8-13-6-4-5-7-14(13)16/h4-7,18-19H,2-3,8-12H2,1H3,(H,17,20). The number of aryl methyl sites for hydroxylation is 1. The Kier molecular flexibility index (Phi) is 5.15. The molecule has 1 atom stereocenters. The lowest BCUT2D eigenvalue weighted by Crippen LogP contribution is -2.48. The molecule has 0 spiro atoms. The molecular formula is C16H24N2O2. The Bertz CT molecular complexity index is 462. The maximum Gasteiger partial charge on any atom is 0.233 e. The second-order valence-electron chi connectivity index (χ2n) is 5.45. The molecule has 0 radical (unpaired) electrons. The van der Waals surface area contributed by atoms with E-state index in [1.807, 2.05) is 18.2 Å². The van der Waals surface area contributed by atoms with Crippen molar-refractivity contribution in [3.63, 3.8) is 0 Å². The molecule has 110 valence electrons. The lowest BCUT2D eigenvalue weighted by molar-refractivity contribution is -0.120. The Hall–Kier alpha value is -1.39. The molecule has 1 amide bonds. The van der Waals surface area contributed by atoms with Crippen molar-refractivity contribution >= 4 is 5.91 Å². The summed E-state index contributed by atoms with van der Waals surface area (Å²) < 4.78 is 0. The molecule has 0 bridgehead atoms. The molecule has 0 saturated heterocycles. The maximum atomic E-state index is 11.8. The third-order valence-electron chi connectivity index (χ3n) is 4.06. The van der Waals surface area contributed by atoms with E-state index in [2.05, 4.69) is 23.6 Å². The molecular weight excluding hydrogens is 252 g/mol. The van der Waals surface area contributed by atoms with E-state index in [1.165, 1.54) is 5.56 Å². The van der Waals surface area contributed by atoms with Crippen molar-refractivity contribution in [2.45, 2.75) is 38.1 Å². The molecule has 4 nitrogen and oxygen atoms in total. The zero-order valence-corrected chi connectivity index (χ0v) is 12.1. The number of hydrogen-bond donors (Lipinski definition) is 3. The number of hydrogen-bond acceptors (Lipinski definition) is 3. The number of nitrogens with one attached hydrogen (secondary N) is 2. The Balaban J connectivity index is 1.95. The topological polar surface area (TPSA) is 61.4 Å². The summed E-state index contributed by atoms with van der Waals surface area (Å²) >= 11 is 0. The van der Waals surface area contributed by atoms with Crippen LogP contribution in [0.15, 0.2) is 24.3 Å². The first-order valence-electron chi connectivity index (χ1n) is 7.43. The summed E-state index contributed by atoms with van der Waals surface area (Å²) in [5, 5.41) is 16.0. The van der Waals surface area contributed by atoms with Gasteiger partial charge in [-0.25, -0.2) is 0 Å². The van der Waals surface area contributed by atoms with Crippen molar-refractivity contribution in [3.8, 4) is 0 Å². The monoisotopic (exact) mass is 276 g/mol. The van der Waals surface area contributed by atoms with Crippen LogP contribution in [0.1, 0.15) is 37.3 Å². The molecule has 20 heavy (non-hydrogen) atoms. The van der Waals surface area contributed by atoms with Crippen molar-refractivity contribution in [2.24, 2.45) is 0 Å². The summed E-state index contributed by atoms with van der Waals surface area (Å²) in [6, 6.07) is 8.14. The summed E-state index contributed by atoms with van der Waals surface area (Å²) in [6.07, 6.45) is 3.85. The number of rotatable bonds is 7. The van der Waals surface area contributed by atoms with Gasteiger partial charge in [0.25, 0.3) is 0 Å². The van der Waals surface area contributed by atoms with Crippen LogP contribution in [0.2, 0.25) is 0 Å². The first kappa shape index (κ1) is 15.0. The molecule has 3 N–H and O–H groups in total. The Morgan fingerprint density at radius 2 is 2.20 bits per heavy atom.